The van der Waals surface area contributed by atoms with Crippen molar-refractivity contribution in [1.82, 2.24) is 9.62 Å². The van der Waals surface area contributed by atoms with E-state index in [-0.39, 0.29) is 36.0 Å². The van der Waals surface area contributed by atoms with Crippen LogP contribution >= 0.6 is 0 Å². The zero-order valence-corrected chi connectivity index (χ0v) is 17.3. The van der Waals surface area contributed by atoms with Crippen LogP contribution in [0.3, 0.4) is 0 Å². The third-order valence-electron chi connectivity index (χ3n) is 4.62. The van der Waals surface area contributed by atoms with Gasteiger partial charge in [0.05, 0.1) is 27.3 Å². The van der Waals surface area contributed by atoms with Crippen LogP contribution in [0.2, 0.25) is 0 Å². The van der Waals surface area contributed by atoms with Gasteiger partial charge in [0.1, 0.15) is 28.2 Å². The second kappa shape index (κ2) is 8.67. The molecular formula is C19H23N3O7S. The first-order valence-electron chi connectivity index (χ1n) is 8.98. The van der Waals surface area contributed by atoms with Crippen LogP contribution in [0.1, 0.15) is 5.56 Å². The lowest BCUT2D eigenvalue weighted by Crippen LogP contribution is -2.55. The summed E-state index contributed by atoms with van der Waals surface area (Å²) in [7, 11) is -0.978. The Morgan fingerprint density at radius 3 is 2.53 bits per heavy atom. The van der Waals surface area contributed by atoms with Crippen LogP contribution in [0, 0.1) is 0 Å². The zero-order chi connectivity index (χ0) is 21.9. The van der Waals surface area contributed by atoms with Crippen LogP contribution < -0.4 is 24.7 Å². The molecule has 0 saturated carbocycles. The Labute approximate surface area is 174 Å². The first-order chi connectivity index (χ1) is 14.2. The molecular weight excluding hydrogens is 414 g/mol. The number of rotatable bonds is 8. The highest BCUT2D eigenvalue weighted by Crippen LogP contribution is 2.30. The van der Waals surface area contributed by atoms with Crippen LogP contribution in [0.4, 0.5) is 10.5 Å². The number of carboxylic acid groups (broad SMARTS) is 1. The zero-order valence-electron chi connectivity index (χ0n) is 16.5. The number of nitrogen functional groups attached to an aromatic ring is 1. The quantitative estimate of drug-likeness (QED) is 0.528. The monoisotopic (exact) mass is 437 g/mol. The standard InChI is InChI=1S/C19H23N3O7S/c1-27-14-5-3-12(17(8-14)28-2)9-21-30(25,26)18-7-13(20)4-6-16(18)29-15-10-22(11-15)19(23)24/h3-8,15,21H,9-11,20H2,1-2H3,(H,23,24). The summed E-state index contributed by atoms with van der Waals surface area (Å²) < 4.78 is 44.6. The molecule has 3 rings (SSSR count). The lowest BCUT2D eigenvalue weighted by atomic mass is 10.2. The molecule has 0 bridgehead atoms. The molecule has 162 valence electrons. The minimum absolute atomic E-state index is 0.0278. The third kappa shape index (κ3) is 4.69. The number of hydrogen-bond acceptors (Lipinski definition) is 7. The number of nitrogens with one attached hydrogen (secondary N) is 1. The highest BCUT2D eigenvalue weighted by atomic mass is 32.2. The average Bonchev–Trinajstić information content (AvgIpc) is 2.69. The number of methoxy groups -OCH3 is 2. The number of sulfonamides is 1. The Hall–Kier alpha value is -3.18. The molecule has 4 N–H and O–H groups in total. The molecule has 1 saturated heterocycles. The van der Waals surface area contributed by atoms with Gasteiger partial charge in [-0.3, -0.25) is 0 Å². The van der Waals surface area contributed by atoms with Crippen molar-refractivity contribution in [3.63, 3.8) is 0 Å². The summed E-state index contributed by atoms with van der Waals surface area (Å²) in [5.41, 5.74) is 6.65. The van der Waals surface area contributed by atoms with E-state index in [0.29, 0.717) is 17.1 Å². The number of carbonyl (C=O) groups is 1. The molecule has 0 spiro atoms. The Bertz CT molecular complexity index is 1040. The van der Waals surface area contributed by atoms with Crippen LogP contribution in [-0.2, 0) is 16.6 Å². The predicted octanol–water partition coefficient (Wildman–Crippen LogP) is 1.51. The molecule has 0 atom stereocenters. The highest BCUT2D eigenvalue weighted by molar-refractivity contribution is 7.89. The molecule has 2 aromatic carbocycles. The Balaban J connectivity index is 1.77. The number of nitrogens with zero attached hydrogens (tertiary/aromatic N) is 1. The summed E-state index contributed by atoms with van der Waals surface area (Å²) >= 11 is 0. The van der Waals surface area contributed by atoms with Gasteiger partial charge >= 0.3 is 6.09 Å². The summed E-state index contributed by atoms with van der Waals surface area (Å²) in [6.45, 7) is 0.297. The molecule has 0 radical (unpaired) electrons. The van der Waals surface area contributed by atoms with Crippen molar-refractivity contribution in [3.8, 4) is 17.2 Å². The van der Waals surface area contributed by atoms with E-state index in [2.05, 4.69) is 4.72 Å². The van der Waals surface area contributed by atoms with Crippen molar-refractivity contribution < 1.29 is 32.5 Å². The molecule has 0 aliphatic carbocycles. The number of hydrogen-bond donors (Lipinski definition) is 3. The molecule has 0 unspecified atom stereocenters. The van der Waals surface area contributed by atoms with Crippen molar-refractivity contribution in [2.24, 2.45) is 0 Å². The molecule has 0 aromatic heterocycles. The number of ether oxygens (including phenoxy) is 3. The van der Waals surface area contributed by atoms with E-state index in [4.69, 9.17) is 25.1 Å². The van der Waals surface area contributed by atoms with E-state index in [9.17, 15) is 13.2 Å². The minimum atomic E-state index is -3.98. The van der Waals surface area contributed by atoms with E-state index < -0.39 is 22.2 Å². The molecule has 1 aliphatic rings. The van der Waals surface area contributed by atoms with Gasteiger partial charge in [0.25, 0.3) is 0 Å². The Morgan fingerprint density at radius 1 is 1.17 bits per heavy atom. The number of anilines is 1. The molecule has 1 fully saturated rings. The lowest BCUT2D eigenvalue weighted by molar-refractivity contribution is 0.0236. The van der Waals surface area contributed by atoms with Gasteiger partial charge in [-0.2, -0.15) is 0 Å². The second-order valence-corrected chi connectivity index (χ2v) is 8.37. The largest absolute Gasteiger partial charge is 0.497 e. The SMILES string of the molecule is COc1ccc(CNS(=O)(=O)c2cc(N)ccc2OC2CN(C(=O)O)C2)c(OC)c1. The summed E-state index contributed by atoms with van der Waals surface area (Å²) in [5.74, 6) is 1.17. The molecule has 11 heteroatoms. The van der Waals surface area contributed by atoms with Crippen molar-refractivity contribution in [2.45, 2.75) is 17.5 Å². The fraction of sp³-hybridized carbons (Fsp3) is 0.316. The molecule has 2 aromatic rings. The van der Waals surface area contributed by atoms with Gasteiger partial charge in [-0.1, -0.05) is 6.07 Å². The fourth-order valence-electron chi connectivity index (χ4n) is 2.93. The van der Waals surface area contributed by atoms with E-state index in [0.717, 1.165) is 0 Å². The maximum Gasteiger partial charge on any atom is 0.407 e. The topological polar surface area (TPSA) is 140 Å². The van der Waals surface area contributed by atoms with Gasteiger partial charge in [0.2, 0.25) is 10.0 Å². The molecule has 10 nitrogen and oxygen atoms in total. The minimum Gasteiger partial charge on any atom is -0.497 e. The van der Waals surface area contributed by atoms with Crippen LogP contribution in [-0.4, -0.2) is 57.9 Å². The van der Waals surface area contributed by atoms with Crippen molar-refractivity contribution >= 4 is 21.8 Å². The molecule has 1 aliphatic heterocycles. The van der Waals surface area contributed by atoms with Crippen LogP contribution in [0.5, 0.6) is 17.2 Å². The van der Waals surface area contributed by atoms with E-state index in [1.165, 1.54) is 37.3 Å². The number of likely N-dealkylation sites (tertiary alicyclic amines) is 1. The normalized spacial score (nSPS) is 14.1. The van der Waals surface area contributed by atoms with Gasteiger partial charge in [-0.05, 0) is 24.3 Å². The fourth-order valence-corrected chi connectivity index (χ4v) is 4.10. The third-order valence-corrected chi connectivity index (χ3v) is 6.04. The van der Waals surface area contributed by atoms with Crippen molar-refractivity contribution in [3.05, 3.63) is 42.0 Å². The van der Waals surface area contributed by atoms with Gasteiger partial charge in [-0.25, -0.2) is 17.9 Å². The Kier molecular flexibility index (Phi) is 6.22. The maximum absolute atomic E-state index is 12.9. The van der Waals surface area contributed by atoms with Gasteiger partial charge in [-0.15, -0.1) is 0 Å². The molecule has 30 heavy (non-hydrogen) atoms. The summed E-state index contributed by atoms with van der Waals surface area (Å²) in [5, 5.41) is 8.92. The number of nitrogens with two attached hydrogens (primary N) is 1. The molecule has 1 amide bonds. The van der Waals surface area contributed by atoms with E-state index in [1.807, 2.05) is 0 Å². The van der Waals surface area contributed by atoms with Crippen LogP contribution in [0.25, 0.3) is 0 Å². The molecule has 1 heterocycles. The summed E-state index contributed by atoms with van der Waals surface area (Å²) in [6, 6.07) is 9.34. The van der Waals surface area contributed by atoms with Gasteiger partial charge in [0.15, 0.2) is 0 Å². The highest BCUT2D eigenvalue weighted by Gasteiger charge is 2.33. The average molecular weight is 437 g/mol. The predicted molar refractivity (Wildman–Crippen MR) is 108 cm³/mol. The number of amides is 1. The van der Waals surface area contributed by atoms with Crippen molar-refractivity contribution in [1.29, 1.82) is 0 Å². The van der Waals surface area contributed by atoms with Gasteiger partial charge < -0.3 is 30.0 Å². The second-order valence-electron chi connectivity index (χ2n) is 6.64. The summed E-state index contributed by atoms with van der Waals surface area (Å²) in [4.78, 5) is 11.9. The van der Waals surface area contributed by atoms with E-state index in [1.54, 1.807) is 18.2 Å². The first kappa shape index (κ1) is 21.5. The lowest BCUT2D eigenvalue weighted by Gasteiger charge is -2.37. The maximum atomic E-state index is 12.9. The number of benzene rings is 2. The Morgan fingerprint density at radius 2 is 1.90 bits per heavy atom. The smallest absolute Gasteiger partial charge is 0.407 e. The van der Waals surface area contributed by atoms with Gasteiger partial charge in [0, 0.05) is 23.9 Å². The van der Waals surface area contributed by atoms with E-state index >= 15 is 0 Å². The van der Waals surface area contributed by atoms with Crippen molar-refractivity contribution in [2.75, 3.05) is 33.0 Å². The summed E-state index contributed by atoms with van der Waals surface area (Å²) in [6.07, 6.45) is -1.48. The van der Waals surface area contributed by atoms with Crippen LogP contribution in [0.15, 0.2) is 41.3 Å². The first-order valence-corrected chi connectivity index (χ1v) is 10.5.